The van der Waals surface area contributed by atoms with E-state index in [1.54, 1.807) is 0 Å². The van der Waals surface area contributed by atoms with Crippen molar-refractivity contribution in [1.29, 1.82) is 0 Å². The highest BCUT2D eigenvalue weighted by molar-refractivity contribution is 5.20. The van der Waals surface area contributed by atoms with Gasteiger partial charge in [-0.3, -0.25) is 9.80 Å². The molecule has 2 saturated heterocycles. The molecule has 0 aliphatic carbocycles. The van der Waals surface area contributed by atoms with E-state index in [-0.39, 0.29) is 0 Å². The minimum Gasteiger partial charge on any atom is -0.312 e. The van der Waals surface area contributed by atoms with Crippen molar-refractivity contribution in [2.45, 2.75) is 44.3 Å². The van der Waals surface area contributed by atoms with Gasteiger partial charge < -0.3 is 5.32 Å². The molecule has 2 aliphatic heterocycles. The van der Waals surface area contributed by atoms with Gasteiger partial charge in [-0.05, 0) is 58.4 Å². The maximum Gasteiger partial charge on any atom is 0.0473 e. The summed E-state index contributed by atoms with van der Waals surface area (Å²) in [6, 6.07) is 12.6. The summed E-state index contributed by atoms with van der Waals surface area (Å²) in [5, 5.41) is 3.54. The van der Waals surface area contributed by atoms with Gasteiger partial charge >= 0.3 is 0 Å². The Morgan fingerprint density at radius 1 is 1.10 bits per heavy atom. The van der Waals surface area contributed by atoms with E-state index in [9.17, 15) is 0 Å². The van der Waals surface area contributed by atoms with Crippen LogP contribution < -0.4 is 5.32 Å². The lowest BCUT2D eigenvalue weighted by atomic mass is 9.98. The Morgan fingerprint density at radius 2 is 1.86 bits per heavy atom. The molecule has 2 aliphatic rings. The standard InChI is InChI=1S/C18H29N3/c1-15(18(19-2)16-8-4-3-5-9-16)21-13-7-12-20-11-6-10-17(20)14-21/h3-5,8-9,15,17-19H,6-7,10-14H2,1-2H3. The fourth-order valence-corrected chi connectivity index (χ4v) is 4.16. The molecule has 0 aromatic heterocycles. The smallest absolute Gasteiger partial charge is 0.0473 e. The zero-order valence-electron chi connectivity index (χ0n) is 13.5. The molecule has 0 saturated carbocycles. The summed E-state index contributed by atoms with van der Waals surface area (Å²) in [7, 11) is 2.09. The van der Waals surface area contributed by atoms with Crippen LogP contribution in [0.3, 0.4) is 0 Å². The third kappa shape index (κ3) is 3.31. The minimum atomic E-state index is 0.416. The lowest BCUT2D eigenvalue weighted by molar-refractivity contribution is 0.154. The Labute approximate surface area is 129 Å². The van der Waals surface area contributed by atoms with Gasteiger partial charge in [0.2, 0.25) is 0 Å². The van der Waals surface area contributed by atoms with Crippen LogP contribution in [0.15, 0.2) is 30.3 Å². The number of hydrogen-bond acceptors (Lipinski definition) is 3. The summed E-state index contributed by atoms with van der Waals surface area (Å²) in [5.41, 5.74) is 1.40. The number of benzene rings is 1. The van der Waals surface area contributed by atoms with Crippen LogP contribution in [0.2, 0.25) is 0 Å². The predicted octanol–water partition coefficient (Wildman–Crippen LogP) is 2.51. The van der Waals surface area contributed by atoms with Gasteiger partial charge in [-0.1, -0.05) is 30.3 Å². The van der Waals surface area contributed by atoms with Crippen molar-refractivity contribution in [3.05, 3.63) is 35.9 Å². The van der Waals surface area contributed by atoms with E-state index in [0.29, 0.717) is 12.1 Å². The van der Waals surface area contributed by atoms with Crippen molar-refractivity contribution in [3.8, 4) is 0 Å². The van der Waals surface area contributed by atoms with Crippen LogP contribution in [0.25, 0.3) is 0 Å². The second kappa shape index (κ2) is 6.91. The molecule has 1 aromatic carbocycles. The topological polar surface area (TPSA) is 18.5 Å². The fourth-order valence-electron chi connectivity index (χ4n) is 4.16. The second-order valence-corrected chi connectivity index (χ2v) is 6.60. The summed E-state index contributed by atoms with van der Waals surface area (Å²) in [5.74, 6) is 0. The summed E-state index contributed by atoms with van der Waals surface area (Å²) in [6.07, 6.45) is 4.09. The van der Waals surface area contributed by atoms with Crippen molar-refractivity contribution in [1.82, 2.24) is 15.1 Å². The maximum atomic E-state index is 3.54. The molecule has 0 amide bonds. The molecule has 3 unspecified atom stereocenters. The molecule has 3 nitrogen and oxygen atoms in total. The molecule has 2 heterocycles. The Balaban J connectivity index is 1.72. The number of nitrogens with zero attached hydrogens (tertiary/aromatic N) is 2. The van der Waals surface area contributed by atoms with E-state index in [2.05, 4.69) is 59.4 Å². The largest absolute Gasteiger partial charge is 0.312 e. The van der Waals surface area contributed by atoms with Crippen LogP contribution in [0.5, 0.6) is 0 Å². The molecule has 3 heteroatoms. The molecule has 0 bridgehead atoms. The number of nitrogens with one attached hydrogen (secondary N) is 1. The first kappa shape index (κ1) is 15.0. The van der Waals surface area contributed by atoms with Crippen LogP contribution in [0, 0.1) is 0 Å². The summed E-state index contributed by atoms with van der Waals surface area (Å²) < 4.78 is 0. The first-order valence-corrected chi connectivity index (χ1v) is 8.50. The molecular formula is C18H29N3. The Bertz CT molecular complexity index is 433. The van der Waals surface area contributed by atoms with Crippen molar-refractivity contribution >= 4 is 0 Å². The first-order valence-electron chi connectivity index (χ1n) is 8.50. The molecule has 116 valence electrons. The highest BCUT2D eigenvalue weighted by Crippen LogP contribution is 2.26. The number of hydrogen-bond donors (Lipinski definition) is 1. The molecule has 1 N–H and O–H groups in total. The van der Waals surface area contributed by atoms with Crippen molar-refractivity contribution in [3.63, 3.8) is 0 Å². The quantitative estimate of drug-likeness (QED) is 0.918. The molecule has 3 atom stereocenters. The molecule has 1 aromatic rings. The molecule has 3 rings (SSSR count). The van der Waals surface area contributed by atoms with E-state index in [0.717, 1.165) is 6.04 Å². The second-order valence-electron chi connectivity index (χ2n) is 6.60. The average molecular weight is 287 g/mol. The van der Waals surface area contributed by atoms with Crippen LogP contribution in [0.1, 0.15) is 37.8 Å². The lowest BCUT2D eigenvalue weighted by Gasteiger charge is -2.35. The van der Waals surface area contributed by atoms with Gasteiger partial charge in [0.05, 0.1) is 0 Å². The van der Waals surface area contributed by atoms with Gasteiger partial charge in [-0.2, -0.15) is 0 Å². The summed E-state index contributed by atoms with van der Waals surface area (Å²) in [6.45, 7) is 7.48. The summed E-state index contributed by atoms with van der Waals surface area (Å²) >= 11 is 0. The normalized spacial score (nSPS) is 27.0. The zero-order chi connectivity index (χ0) is 14.7. The number of likely N-dealkylation sites (N-methyl/N-ethyl adjacent to an activating group) is 1. The third-order valence-corrected chi connectivity index (χ3v) is 5.36. The van der Waals surface area contributed by atoms with E-state index < -0.39 is 0 Å². The fraction of sp³-hybridized carbons (Fsp3) is 0.667. The van der Waals surface area contributed by atoms with Crippen LogP contribution in [-0.2, 0) is 0 Å². The molecule has 2 fully saturated rings. The van der Waals surface area contributed by atoms with Gasteiger partial charge in [-0.25, -0.2) is 0 Å². The van der Waals surface area contributed by atoms with Crippen LogP contribution in [0.4, 0.5) is 0 Å². The van der Waals surface area contributed by atoms with Gasteiger partial charge in [0.25, 0.3) is 0 Å². The molecule has 21 heavy (non-hydrogen) atoms. The van der Waals surface area contributed by atoms with Gasteiger partial charge in [-0.15, -0.1) is 0 Å². The molecule has 0 radical (unpaired) electrons. The number of rotatable bonds is 4. The van der Waals surface area contributed by atoms with E-state index in [1.807, 2.05) is 0 Å². The van der Waals surface area contributed by atoms with Crippen molar-refractivity contribution in [2.24, 2.45) is 0 Å². The highest BCUT2D eigenvalue weighted by atomic mass is 15.3. The minimum absolute atomic E-state index is 0.416. The third-order valence-electron chi connectivity index (χ3n) is 5.36. The molecular weight excluding hydrogens is 258 g/mol. The molecule has 0 spiro atoms. The zero-order valence-corrected chi connectivity index (χ0v) is 13.5. The van der Waals surface area contributed by atoms with Gasteiger partial charge in [0.15, 0.2) is 0 Å². The van der Waals surface area contributed by atoms with Crippen LogP contribution >= 0.6 is 0 Å². The Morgan fingerprint density at radius 3 is 2.62 bits per heavy atom. The average Bonchev–Trinajstić information content (AvgIpc) is 2.86. The monoisotopic (exact) mass is 287 g/mol. The van der Waals surface area contributed by atoms with Crippen molar-refractivity contribution in [2.75, 3.05) is 33.2 Å². The highest BCUT2D eigenvalue weighted by Gasteiger charge is 2.32. The number of fused-ring (bicyclic) bond motifs is 1. The lowest BCUT2D eigenvalue weighted by Crippen LogP contribution is -2.46. The predicted molar refractivity (Wildman–Crippen MR) is 88.5 cm³/mol. The Hall–Kier alpha value is -0.900. The SMILES string of the molecule is CNC(c1ccccc1)C(C)N1CCCN2CCCC2C1. The van der Waals surface area contributed by atoms with E-state index in [1.165, 1.54) is 51.0 Å². The van der Waals surface area contributed by atoms with E-state index >= 15 is 0 Å². The van der Waals surface area contributed by atoms with E-state index in [4.69, 9.17) is 0 Å². The van der Waals surface area contributed by atoms with Crippen LogP contribution in [-0.4, -0.2) is 55.1 Å². The Kier molecular flexibility index (Phi) is 4.94. The van der Waals surface area contributed by atoms with Gasteiger partial charge in [0.1, 0.15) is 0 Å². The first-order chi connectivity index (χ1) is 10.3. The van der Waals surface area contributed by atoms with Crippen molar-refractivity contribution < 1.29 is 0 Å². The van der Waals surface area contributed by atoms with Gasteiger partial charge in [0, 0.05) is 24.7 Å². The summed E-state index contributed by atoms with van der Waals surface area (Å²) in [4.78, 5) is 5.42. The maximum absolute atomic E-state index is 3.54.